The average Bonchev–Trinajstić information content (AvgIpc) is 2.74. The number of hydrogen-bond acceptors (Lipinski definition) is 2. The number of nitrogens with two attached hydrogens (primary N) is 1. The second-order valence-corrected chi connectivity index (χ2v) is 4.80. The maximum atomic E-state index is 13.1. The maximum absolute atomic E-state index is 13.1. The fourth-order valence-corrected chi connectivity index (χ4v) is 2.42. The molecule has 1 heterocycles. The molecule has 0 radical (unpaired) electrons. The quantitative estimate of drug-likeness (QED) is 0.922. The van der Waals surface area contributed by atoms with Gasteiger partial charge < -0.3 is 10.3 Å². The number of alkyl halides is 3. The van der Waals surface area contributed by atoms with E-state index in [0.717, 1.165) is 18.3 Å². The number of imidazole rings is 1. The van der Waals surface area contributed by atoms with Gasteiger partial charge in [-0.3, -0.25) is 0 Å². The first-order valence-corrected chi connectivity index (χ1v) is 6.91. The van der Waals surface area contributed by atoms with Gasteiger partial charge in [0.05, 0.1) is 5.56 Å². The molecule has 2 N–H and O–H groups in total. The lowest BCUT2D eigenvalue weighted by atomic mass is 10.0. The normalized spacial score (nSPS) is 11.9. The number of hydrogen-bond donors (Lipinski definition) is 1. The molecule has 0 unspecified atom stereocenters. The Morgan fingerprint density at radius 2 is 1.86 bits per heavy atom. The van der Waals surface area contributed by atoms with Crippen molar-refractivity contribution in [3.05, 3.63) is 35.7 Å². The van der Waals surface area contributed by atoms with Crippen LogP contribution in [0.2, 0.25) is 0 Å². The van der Waals surface area contributed by atoms with Crippen molar-refractivity contribution in [2.75, 3.05) is 5.73 Å². The van der Waals surface area contributed by atoms with Crippen LogP contribution in [0.5, 0.6) is 0 Å². The first-order chi connectivity index (χ1) is 9.90. The van der Waals surface area contributed by atoms with Crippen molar-refractivity contribution < 1.29 is 13.2 Å². The number of nitrogen functional groups attached to an aromatic ring is 1. The van der Waals surface area contributed by atoms with Crippen LogP contribution in [0.3, 0.4) is 0 Å². The van der Waals surface area contributed by atoms with Crippen LogP contribution >= 0.6 is 0 Å². The molecular formula is C15H18F3N3. The van der Waals surface area contributed by atoms with Crippen molar-refractivity contribution >= 4 is 5.82 Å². The minimum Gasteiger partial charge on any atom is -0.383 e. The molecule has 1 aromatic heterocycles. The van der Waals surface area contributed by atoms with Crippen molar-refractivity contribution in [1.29, 1.82) is 0 Å². The Kier molecular flexibility index (Phi) is 4.25. The SMILES string of the molecule is CCCc1nc(-c2ccccc2C(F)(F)F)c(N)n1CC. The summed E-state index contributed by atoms with van der Waals surface area (Å²) in [6, 6.07) is 5.40. The molecule has 0 amide bonds. The number of rotatable bonds is 4. The van der Waals surface area contributed by atoms with Crippen molar-refractivity contribution in [2.24, 2.45) is 0 Å². The molecule has 21 heavy (non-hydrogen) atoms. The Bertz CT molecular complexity index is 630. The summed E-state index contributed by atoms with van der Waals surface area (Å²) in [6.45, 7) is 4.48. The fourth-order valence-electron chi connectivity index (χ4n) is 2.42. The monoisotopic (exact) mass is 297 g/mol. The molecule has 0 atom stereocenters. The predicted octanol–water partition coefficient (Wildman–Crippen LogP) is 4.12. The smallest absolute Gasteiger partial charge is 0.383 e. The minimum atomic E-state index is -4.43. The molecule has 0 aliphatic carbocycles. The van der Waals surface area contributed by atoms with Gasteiger partial charge in [0.15, 0.2) is 0 Å². The van der Waals surface area contributed by atoms with Gasteiger partial charge in [-0.1, -0.05) is 25.1 Å². The summed E-state index contributed by atoms with van der Waals surface area (Å²) in [7, 11) is 0. The van der Waals surface area contributed by atoms with Crippen LogP contribution in [-0.2, 0) is 19.1 Å². The third kappa shape index (κ3) is 2.89. The van der Waals surface area contributed by atoms with E-state index in [-0.39, 0.29) is 17.1 Å². The van der Waals surface area contributed by atoms with Crippen LogP contribution in [0.4, 0.5) is 19.0 Å². The summed E-state index contributed by atoms with van der Waals surface area (Å²) in [6.07, 6.45) is -2.88. The zero-order chi connectivity index (χ0) is 15.6. The van der Waals surface area contributed by atoms with Crippen molar-refractivity contribution in [3.8, 4) is 11.3 Å². The summed E-state index contributed by atoms with van der Waals surface area (Å²) in [5, 5.41) is 0. The predicted molar refractivity (Wildman–Crippen MR) is 76.7 cm³/mol. The fraction of sp³-hybridized carbons (Fsp3) is 0.400. The van der Waals surface area contributed by atoms with E-state index in [1.165, 1.54) is 12.1 Å². The van der Waals surface area contributed by atoms with Gasteiger partial charge in [-0.15, -0.1) is 0 Å². The highest BCUT2D eigenvalue weighted by molar-refractivity contribution is 5.74. The van der Waals surface area contributed by atoms with Gasteiger partial charge in [0, 0.05) is 18.5 Å². The topological polar surface area (TPSA) is 43.8 Å². The zero-order valence-electron chi connectivity index (χ0n) is 12.0. The van der Waals surface area contributed by atoms with Gasteiger partial charge in [-0.05, 0) is 19.4 Å². The highest BCUT2D eigenvalue weighted by Crippen LogP contribution is 2.38. The first-order valence-electron chi connectivity index (χ1n) is 6.91. The molecule has 0 saturated heterocycles. The molecule has 2 aromatic rings. The maximum Gasteiger partial charge on any atom is 0.417 e. The van der Waals surface area contributed by atoms with Crippen molar-refractivity contribution in [1.82, 2.24) is 9.55 Å². The van der Waals surface area contributed by atoms with Gasteiger partial charge in [0.2, 0.25) is 0 Å². The van der Waals surface area contributed by atoms with Crippen molar-refractivity contribution in [3.63, 3.8) is 0 Å². The number of benzene rings is 1. The Morgan fingerprint density at radius 1 is 1.19 bits per heavy atom. The van der Waals surface area contributed by atoms with Gasteiger partial charge in [0.25, 0.3) is 0 Å². The Labute approximate surface area is 121 Å². The Hall–Kier alpha value is -1.98. The second kappa shape index (κ2) is 5.79. The molecule has 0 saturated carbocycles. The molecule has 3 nitrogen and oxygen atoms in total. The van der Waals surface area contributed by atoms with Crippen LogP contribution < -0.4 is 5.73 Å². The number of halogens is 3. The highest BCUT2D eigenvalue weighted by atomic mass is 19.4. The Morgan fingerprint density at radius 3 is 2.43 bits per heavy atom. The number of nitrogens with zero attached hydrogens (tertiary/aromatic N) is 2. The lowest BCUT2D eigenvalue weighted by Gasteiger charge is -2.11. The van der Waals surface area contributed by atoms with Crippen molar-refractivity contribution in [2.45, 2.75) is 39.4 Å². The highest BCUT2D eigenvalue weighted by Gasteiger charge is 2.34. The third-order valence-electron chi connectivity index (χ3n) is 3.36. The van der Waals surface area contributed by atoms with Crippen LogP contribution in [-0.4, -0.2) is 9.55 Å². The molecule has 0 aliphatic rings. The van der Waals surface area contributed by atoms with E-state index >= 15 is 0 Å². The van der Waals surface area contributed by atoms with E-state index in [1.54, 1.807) is 10.6 Å². The molecule has 6 heteroatoms. The summed E-state index contributed by atoms with van der Waals surface area (Å²) in [5.41, 5.74) is 5.56. The van der Waals surface area contributed by atoms with Crippen LogP contribution in [0.25, 0.3) is 11.3 Å². The summed E-state index contributed by atoms with van der Waals surface area (Å²) in [4.78, 5) is 4.35. The third-order valence-corrected chi connectivity index (χ3v) is 3.36. The molecule has 114 valence electrons. The van der Waals surface area contributed by atoms with E-state index in [9.17, 15) is 13.2 Å². The standard InChI is InChI=1S/C15H18F3N3/c1-3-7-12-20-13(14(19)21(12)4-2)10-8-5-6-9-11(10)15(16,17)18/h5-6,8-9H,3-4,7,19H2,1-2H3. The van der Waals surface area contributed by atoms with Gasteiger partial charge >= 0.3 is 6.18 Å². The van der Waals surface area contributed by atoms with E-state index in [2.05, 4.69) is 4.98 Å². The van der Waals surface area contributed by atoms with E-state index < -0.39 is 11.7 Å². The molecular weight excluding hydrogens is 279 g/mol. The number of anilines is 1. The largest absolute Gasteiger partial charge is 0.417 e. The van der Waals surface area contributed by atoms with E-state index in [1.807, 2.05) is 13.8 Å². The average molecular weight is 297 g/mol. The molecule has 0 spiro atoms. The summed E-state index contributed by atoms with van der Waals surface area (Å²) >= 11 is 0. The van der Waals surface area contributed by atoms with Gasteiger partial charge in [0.1, 0.15) is 17.3 Å². The van der Waals surface area contributed by atoms with Crippen LogP contribution in [0.15, 0.2) is 24.3 Å². The van der Waals surface area contributed by atoms with Gasteiger partial charge in [-0.2, -0.15) is 13.2 Å². The lowest BCUT2D eigenvalue weighted by molar-refractivity contribution is -0.137. The second-order valence-electron chi connectivity index (χ2n) is 4.80. The summed E-state index contributed by atoms with van der Waals surface area (Å²) < 4.78 is 41.2. The Balaban J connectivity index is 2.63. The molecule has 0 bridgehead atoms. The molecule has 0 fully saturated rings. The van der Waals surface area contributed by atoms with Crippen LogP contribution in [0, 0.1) is 0 Å². The molecule has 1 aromatic carbocycles. The zero-order valence-corrected chi connectivity index (χ0v) is 12.0. The summed E-state index contributed by atoms with van der Waals surface area (Å²) in [5.74, 6) is 1.02. The first kappa shape index (κ1) is 15.4. The number of aryl methyl sites for hydroxylation is 1. The molecule has 2 rings (SSSR count). The molecule has 0 aliphatic heterocycles. The van der Waals surface area contributed by atoms with E-state index in [0.29, 0.717) is 13.0 Å². The number of aromatic nitrogens is 2. The minimum absolute atomic E-state index is 0.0343. The van der Waals surface area contributed by atoms with E-state index in [4.69, 9.17) is 5.73 Å². The lowest BCUT2D eigenvalue weighted by Crippen LogP contribution is -2.08. The van der Waals surface area contributed by atoms with Crippen LogP contribution in [0.1, 0.15) is 31.7 Å². The van der Waals surface area contributed by atoms with Gasteiger partial charge in [-0.25, -0.2) is 4.98 Å².